The third kappa shape index (κ3) is 3.49. The van der Waals surface area contributed by atoms with Gasteiger partial charge in [-0.05, 0) is 49.9 Å². The van der Waals surface area contributed by atoms with E-state index in [1.54, 1.807) is 6.92 Å². The van der Waals surface area contributed by atoms with E-state index in [9.17, 15) is 13.2 Å². The van der Waals surface area contributed by atoms with Crippen LogP contribution in [0.5, 0.6) is 5.75 Å². The normalized spacial score (nSPS) is 14.3. The molecule has 0 unspecified atom stereocenters. The highest BCUT2D eigenvalue weighted by molar-refractivity contribution is 5.60. The predicted molar refractivity (Wildman–Crippen MR) is 102 cm³/mol. The van der Waals surface area contributed by atoms with Crippen LogP contribution in [0.1, 0.15) is 41.4 Å². The zero-order valence-corrected chi connectivity index (χ0v) is 16.5. The van der Waals surface area contributed by atoms with Gasteiger partial charge in [-0.3, -0.25) is 0 Å². The molecule has 1 aliphatic rings. The van der Waals surface area contributed by atoms with Gasteiger partial charge in [-0.1, -0.05) is 13.0 Å². The third-order valence-electron chi connectivity index (χ3n) is 5.28. The van der Waals surface area contributed by atoms with Crippen LogP contribution in [0.2, 0.25) is 0 Å². The molecule has 1 aliphatic heterocycles. The highest BCUT2D eigenvalue weighted by Crippen LogP contribution is 2.32. The van der Waals surface area contributed by atoms with Crippen LogP contribution >= 0.6 is 0 Å². The summed E-state index contributed by atoms with van der Waals surface area (Å²) in [6, 6.07) is 6.01. The van der Waals surface area contributed by atoms with Crippen molar-refractivity contribution in [1.82, 2.24) is 19.8 Å². The average molecular weight is 405 g/mol. The molecule has 0 N–H and O–H groups in total. The Morgan fingerprint density at radius 2 is 1.90 bits per heavy atom. The number of alkyl halides is 3. The van der Waals surface area contributed by atoms with E-state index < -0.39 is 12.0 Å². The van der Waals surface area contributed by atoms with Gasteiger partial charge in [0.15, 0.2) is 11.5 Å². The molecule has 4 rings (SSSR count). The molecule has 0 bridgehead atoms. The van der Waals surface area contributed by atoms with E-state index in [4.69, 9.17) is 4.74 Å². The predicted octanol–water partition coefficient (Wildman–Crippen LogP) is 4.11. The molecule has 9 heteroatoms. The fourth-order valence-corrected chi connectivity index (χ4v) is 3.61. The lowest BCUT2D eigenvalue weighted by Gasteiger charge is -2.31. The number of hydrogen-bond donors (Lipinski definition) is 0. The first-order valence-corrected chi connectivity index (χ1v) is 9.59. The van der Waals surface area contributed by atoms with Crippen LogP contribution in [0.4, 0.5) is 19.0 Å². The van der Waals surface area contributed by atoms with Crippen LogP contribution in [-0.4, -0.2) is 33.0 Å². The average Bonchev–Trinajstić information content (AvgIpc) is 3.13. The van der Waals surface area contributed by atoms with E-state index in [1.807, 2.05) is 24.0 Å². The van der Waals surface area contributed by atoms with Gasteiger partial charge in [0, 0.05) is 24.2 Å². The van der Waals surface area contributed by atoms with Gasteiger partial charge in [-0.2, -0.15) is 17.7 Å². The first-order chi connectivity index (χ1) is 13.8. The minimum atomic E-state index is -4.62. The molecule has 0 saturated heterocycles. The van der Waals surface area contributed by atoms with Crippen LogP contribution in [0.15, 0.2) is 18.2 Å². The zero-order valence-electron chi connectivity index (χ0n) is 16.5. The van der Waals surface area contributed by atoms with Crippen LogP contribution < -0.4 is 9.64 Å². The number of nitrogens with zero attached hydrogens (tertiary/aromatic N) is 5. The number of hydrogen-bond acceptors (Lipinski definition) is 5. The lowest BCUT2D eigenvalue weighted by atomic mass is 9.99. The topological polar surface area (TPSA) is 55.5 Å². The molecule has 0 atom stereocenters. The first kappa shape index (κ1) is 19.5. The van der Waals surface area contributed by atoms with Crippen molar-refractivity contribution in [3.8, 4) is 5.75 Å². The first-order valence-electron chi connectivity index (χ1n) is 9.59. The highest BCUT2D eigenvalue weighted by atomic mass is 19.4. The maximum atomic E-state index is 13.3. The Morgan fingerprint density at radius 1 is 1.10 bits per heavy atom. The second-order valence-corrected chi connectivity index (χ2v) is 7.28. The molecular formula is C20H22F3N5O. The monoisotopic (exact) mass is 405 g/mol. The van der Waals surface area contributed by atoms with E-state index >= 15 is 0 Å². The van der Waals surface area contributed by atoms with Crippen molar-refractivity contribution >= 4 is 11.5 Å². The summed E-state index contributed by atoms with van der Waals surface area (Å²) in [6.45, 7) is 7.58. The number of benzene rings is 1. The molecule has 0 radical (unpaired) electrons. The quantitative estimate of drug-likeness (QED) is 0.654. The van der Waals surface area contributed by atoms with Gasteiger partial charge in [-0.15, -0.1) is 15.3 Å². The molecule has 0 amide bonds. The van der Waals surface area contributed by atoms with Crippen LogP contribution in [0.3, 0.4) is 0 Å². The second-order valence-electron chi connectivity index (χ2n) is 7.28. The number of aryl methyl sites for hydroxylation is 1. The second kappa shape index (κ2) is 7.20. The highest BCUT2D eigenvalue weighted by Gasteiger charge is 2.38. The van der Waals surface area contributed by atoms with Crippen molar-refractivity contribution < 1.29 is 17.9 Å². The molecule has 3 heterocycles. The number of halogens is 3. The lowest BCUT2D eigenvalue weighted by Crippen LogP contribution is -2.32. The molecule has 1 aromatic carbocycles. The van der Waals surface area contributed by atoms with Crippen molar-refractivity contribution in [3.63, 3.8) is 0 Å². The molecule has 3 aromatic rings. The molecule has 0 aliphatic carbocycles. The van der Waals surface area contributed by atoms with Gasteiger partial charge in [0.05, 0.1) is 6.61 Å². The molecule has 29 heavy (non-hydrogen) atoms. The van der Waals surface area contributed by atoms with Gasteiger partial charge >= 0.3 is 6.18 Å². The molecule has 0 spiro atoms. The molecule has 2 aromatic heterocycles. The number of aromatic nitrogens is 4. The van der Waals surface area contributed by atoms with Crippen molar-refractivity contribution in [3.05, 3.63) is 46.3 Å². The van der Waals surface area contributed by atoms with Gasteiger partial charge < -0.3 is 9.64 Å². The van der Waals surface area contributed by atoms with Crippen molar-refractivity contribution in [2.75, 3.05) is 18.1 Å². The number of fused-ring (bicyclic) bond motifs is 2. The summed E-state index contributed by atoms with van der Waals surface area (Å²) in [5, 5.41) is 11.3. The van der Waals surface area contributed by atoms with E-state index in [-0.39, 0.29) is 5.65 Å². The number of rotatable bonds is 4. The van der Waals surface area contributed by atoms with Gasteiger partial charge in [-0.25, -0.2) is 0 Å². The zero-order chi connectivity index (χ0) is 20.8. The Morgan fingerprint density at radius 3 is 2.62 bits per heavy atom. The summed E-state index contributed by atoms with van der Waals surface area (Å²) < 4.78 is 46.4. The van der Waals surface area contributed by atoms with E-state index in [0.29, 0.717) is 31.1 Å². The fourth-order valence-electron chi connectivity index (χ4n) is 3.61. The minimum absolute atomic E-state index is 0.133. The van der Waals surface area contributed by atoms with Crippen molar-refractivity contribution in [1.29, 1.82) is 0 Å². The Labute approximate surface area is 166 Å². The summed E-state index contributed by atoms with van der Waals surface area (Å²) in [7, 11) is 0. The molecule has 154 valence electrons. The van der Waals surface area contributed by atoms with Crippen molar-refractivity contribution in [2.24, 2.45) is 0 Å². The third-order valence-corrected chi connectivity index (χ3v) is 5.28. The summed E-state index contributed by atoms with van der Waals surface area (Å²) >= 11 is 0. The van der Waals surface area contributed by atoms with Crippen LogP contribution in [0, 0.1) is 13.8 Å². The Bertz CT molecular complexity index is 1060. The lowest BCUT2D eigenvalue weighted by molar-refractivity contribution is -0.146. The summed E-state index contributed by atoms with van der Waals surface area (Å²) in [4.78, 5) is 2.01. The maximum absolute atomic E-state index is 13.3. The molecular weight excluding hydrogens is 383 g/mol. The van der Waals surface area contributed by atoms with E-state index in [1.165, 1.54) is 5.56 Å². The van der Waals surface area contributed by atoms with Gasteiger partial charge in [0.2, 0.25) is 0 Å². The van der Waals surface area contributed by atoms with Crippen molar-refractivity contribution in [2.45, 2.75) is 46.3 Å². The smallest absolute Gasteiger partial charge is 0.453 e. The molecule has 0 fully saturated rings. The Balaban J connectivity index is 1.69. The fraction of sp³-hybridized carbons (Fsp3) is 0.450. The summed E-state index contributed by atoms with van der Waals surface area (Å²) in [6.07, 6.45) is -2.90. The maximum Gasteiger partial charge on any atom is 0.453 e. The number of ether oxygens (including phenoxy) is 1. The number of anilines is 1. The summed E-state index contributed by atoms with van der Waals surface area (Å²) in [5.41, 5.74) is 3.91. The van der Waals surface area contributed by atoms with Gasteiger partial charge in [0.25, 0.3) is 5.82 Å². The molecule has 0 saturated carbocycles. The van der Waals surface area contributed by atoms with E-state index in [0.717, 1.165) is 34.2 Å². The van der Waals surface area contributed by atoms with E-state index in [2.05, 4.69) is 28.3 Å². The van der Waals surface area contributed by atoms with Gasteiger partial charge in [0.1, 0.15) is 5.75 Å². The standard InChI is InChI=1S/C20H22F3N5O/c1-4-9-29-16-6-5-15-11-27(8-7-14(15)10-16)18-13(3)12(2)17-24-25-19(20(21,22)23)28(17)26-18/h5-6,10H,4,7-9,11H2,1-3H3. The largest absolute Gasteiger partial charge is 0.494 e. The van der Waals surface area contributed by atoms with Crippen LogP contribution in [0.25, 0.3) is 5.65 Å². The SMILES string of the molecule is CCCOc1ccc2c(c1)CCN(c1nn3c(C(F)(F)F)nnc3c(C)c1C)C2. The minimum Gasteiger partial charge on any atom is -0.494 e. The Kier molecular flexibility index (Phi) is 4.84. The Hall–Kier alpha value is -2.84. The molecule has 6 nitrogen and oxygen atoms in total. The van der Waals surface area contributed by atoms with Crippen LogP contribution in [-0.2, 0) is 19.1 Å². The summed E-state index contributed by atoms with van der Waals surface area (Å²) in [5.74, 6) is 0.272.